The van der Waals surface area contributed by atoms with Crippen molar-refractivity contribution in [3.8, 4) is 6.07 Å². The van der Waals surface area contributed by atoms with Gasteiger partial charge in [-0.3, -0.25) is 57.6 Å². The molecular weight excluding hydrogens is 1320 g/mol. The number of rotatable bonds is 10. The van der Waals surface area contributed by atoms with Crippen molar-refractivity contribution in [2.75, 3.05) is 88.6 Å². The number of alkyl halides is 4. The van der Waals surface area contributed by atoms with Gasteiger partial charge in [0, 0.05) is 79.4 Å². The molecule has 100 heavy (non-hydrogen) atoms. The van der Waals surface area contributed by atoms with E-state index in [0.29, 0.717) is 45.2 Å². The van der Waals surface area contributed by atoms with Gasteiger partial charge < -0.3 is 55.1 Å². The summed E-state index contributed by atoms with van der Waals surface area (Å²) in [6.45, 7) is 5.02. The van der Waals surface area contributed by atoms with Crippen LogP contribution in [0.5, 0.6) is 0 Å². The summed E-state index contributed by atoms with van der Waals surface area (Å²) in [7, 11) is 10.5. The number of likely N-dealkylation sites (N-methyl/N-ethyl adjacent to an activating group) is 7. The van der Waals surface area contributed by atoms with E-state index in [0.717, 1.165) is 98.2 Å². The number of halogens is 4. The van der Waals surface area contributed by atoms with Crippen LogP contribution in [0.15, 0.2) is 0 Å². The Hall–Kier alpha value is -6.30. The van der Waals surface area contributed by atoms with Gasteiger partial charge in [-0.2, -0.15) is 18.4 Å². The van der Waals surface area contributed by atoms with Gasteiger partial charge in [0.15, 0.2) is 0 Å². The van der Waals surface area contributed by atoms with Crippen LogP contribution in [0.2, 0.25) is 0 Å². The summed E-state index contributed by atoms with van der Waals surface area (Å²) in [5.41, 5.74) is -1.41. The standard InChI is InChI=1S/C72H115ClF3N13O11/c1-46(2)39-56-64(94)79-54(32-35-77)66(96)83(6)44-61(92)81(4)45-62(93)86(9)57(41-48-23-14-11-15-24-48)68(98)82(5)43-59(90)78-53(31-29-49-28-30-51(52(73)40-49)72(74,75)76)67(97)89-38-22-27-55(89)65(95)80-71(33-18-19-34-71)70(100)87(10)63(50-25-16-12-17-26-50)47(3)84(7)58(42-60(91)85(56)8)69(99)88-36-20-13-21-37-88/h46-58,63H,11-34,36-45H2,1-10H3,(H,78,90)(H,79,94)(H,80,95)/t47?,49?,51?,52?,53-,54-,55-,56-,57-,58-,63+/m0/s1. The zero-order chi connectivity index (χ0) is 73.5. The van der Waals surface area contributed by atoms with E-state index >= 15 is 24.0 Å². The van der Waals surface area contributed by atoms with Crippen molar-refractivity contribution < 1.29 is 65.9 Å². The second-order valence-corrected chi connectivity index (χ2v) is 31.4. The van der Waals surface area contributed by atoms with E-state index in [9.17, 15) is 47.2 Å². The van der Waals surface area contributed by atoms with E-state index in [-0.39, 0.29) is 99.8 Å². The molecule has 1 spiro atoms. The molecule has 11 atom stereocenters. The quantitative estimate of drug-likeness (QED) is 0.205. The van der Waals surface area contributed by atoms with Gasteiger partial charge in [0.2, 0.25) is 65.0 Å². The van der Waals surface area contributed by atoms with Crippen molar-refractivity contribution in [1.29, 1.82) is 5.26 Å². The molecule has 7 aliphatic rings. The van der Waals surface area contributed by atoms with Gasteiger partial charge in [0.05, 0.1) is 50.5 Å². The molecule has 562 valence electrons. The number of piperidine rings is 1. The molecule has 3 aliphatic heterocycles. The summed E-state index contributed by atoms with van der Waals surface area (Å²) < 4.78 is 42.1. The van der Waals surface area contributed by atoms with Gasteiger partial charge in [0.1, 0.15) is 35.7 Å². The summed E-state index contributed by atoms with van der Waals surface area (Å²) in [6, 6.07) is -6.43. The minimum absolute atomic E-state index is 0.0152. The monoisotopic (exact) mass is 1430 g/mol. The predicted molar refractivity (Wildman–Crippen MR) is 370 cm³/mol. The molecule has 3 heterocycles. The Morgan fingerprint density at radius 2 is 1.22 bits per heavy atom. The van der Waals surface area contributed by atoms with Crippen LogP contribution in [0.25, 0.3) is 0 Å². The molecule has 24 nitrogen and oxygen atoms in total. The van der Waals surface area contributed by atoms with Crippen LogP contribution >= 0.6 is 11.6 Å². The molecule has 4 unspecified atom stereocenters. The lowest BCUT2D eigenvalue weighted by molar-refractivity contribution is -0.182. The zero-order valence-corrected chi connectivity index (χ0v) is 61.9. The fourth-order valence-corrected chi connectivity index (χ4v) is 17.6. The van der Waals surface area contributed by atoms with E-state index in [1.54, 1.807) is 23.9 Å². The van der Waals surface area contributed by atoms with Crippen molar-refractivity contribution in [3.63, 3.8) is 0 Å². The SMILES string of the molecule is CC(C)C[C@H]1C(=O)N[C@@H](CC#N)C(=O)N(C)CC(=O)N(C)CC(=O)N(C)[C@@H](CC2CCCCC2)C(=O)N(C)CC(=O)N[C@@H](CCC2CCC(C(F)(F)F)C(Cl)C2)C(=O)N2CCC[C@H]2C(=O)NC2(CCCC2)C(=O)N(C)[C@@H](C2CCCCC2)C(C)N(C)[C@H](C(=O)N2CCCCC2)CC(=O)N1C. The molecule has 0 radical (unpaired) electrons. The number of nitrogens with one attached hydrogen (secondary N) is 3. The van der Waals surface area contributed by atoms with Gasteiger partial charge in [-0.15, -0.1) is 11.6 Å². The number of likely N-dealkylation sites (tertiary alicyclic amines) is 1. The molecule has 0 bridgehead atoms. The minimum atomic E-state index is -4.50. The largest absolute Gasteiger partial charge is 0.393 e. The van der Waals surface area contributed by atoms with Crippen LogP contribution in [-0.4, -0.2) is 263 Å². The maximum absolute atomic E-state index is 15.9. The van der Waals surface area contributed by atoms with Crippen LogP contribution in [0.1, 0.15) is 201 Å². The number of amides is 11. The molecule has 7 rings (SSSR count). The third kappa shape index (κ3) is 20.7. The average molecular weight is 1430 g/mol. The Morgan fingerprint density at radius 3 is 1.83 bits per heavy atom. The van der Waals surface area contributed by atoms with Crippen molar-refractivity contribution >= 4 is 76.6 Å². The second-order valence-electron chi connectivity index (χ2n) is 30.8. The normalized spacial score (nSPS) is 30.6. The van der Waals surface area contributed by atoms with Gasteiger partial charge in [-0.25, -0.2) is 0 Å². The first-order valence-corrected chi connectivity index (χ1v) is 37.6. The first-order valence-electron chi connectivity index (χ1n) is 37.1. The van der Waals surface area contributed by atoms with Crippen molar-refractivity contribution in [1.82, 2.24) is 60.0 Å². The van der Waals surface area contributed by atoms with Crippen molar-refractivity contribution in [2.24, 2.45) is 29.6 Å². The lowest BCUT2D eigenvalue weighted by atomic mass is 9.78. The summed E-state index contributed by atoms with van der Waals surface area (Å²) in [5.74, 6) is -8.82. The third-order valence-electron chi connectivity index (χ3n) is 23.2. The number of nitriles is 1. The highest BCUT2D eigenvalue weighted by Gasteiger charge is 2.52. The summed E-state index contributed by atoms with van der Waals surface area (Å²) in [6.07, 6.45) is 8.63. The molecule has 11 amide bonds. The highest BCUT2D eigenvalue weighted by Crippen LogP contribution is 2.44. The molecule has 4 aliphatic carbocycles. The Labute approximate surface area is 595 Å². The molecule has 0 aromatic rings. The summed E-state index contributed by atoms with van der Waals surface area (Å²) in [5, 5.41) is 17.6. The smallest absolute Gasteiger partial charge is 0.343 e. The Kier molecular flexibility index (Phi) is 29.7. The van der Waals surface area contributed by atoms with Gasteiger partial charge in [-0.1, -0.05) is 78.1 Å². The predicted octanol–water partition coefficient (Wildman–Crippen LogP) is 6.21. The minimum Gasteiger partial charge on any atom is -0.343 e. The number of fused-ring (bicyclic) bond motifs is 1. The first-order chi connectivity index (χ1) is 47.3. The Morgan fingerprint density at radius 1 is 0.620 bits per heavy atom. The first kappa shape index (κ1) is 81.0. The summed E-state index contributed by atoms with van der Waals surface area (Å²) in [4.78, 5) is 176. The number of carbonyl (C=O) groups is 11. The highest BCUT2D eigenvalue weighted by molar-refractivity contribution is 6.20. The van der Waals surface area contributed by atoms with Gasteiger partial charge in [-0.05, 0) is 140 Å². The number of hydrogen-bond acceptors (Lipinski definition) is 13. The van der Waals surface area contributed by atoms with Crippen molar-refractivity contribution in [2.45, 2.75) is 266 Å². The van der Waals surface area contributed by atoms with Crippen LogP contribution in [0.3, 0.4) is 0 Å². The molecule has 7 fully saturated rings. The molecule has 3 N–H and O–H groups in total. The molecule has 28 heteroatoms. The summed E-state index contributed by atoms with van der Waals surface area (Å²) >= 11 is 6.42. The maximum Gasteiger partial charge on any atom is 0.393 e. The zero-order valence-electron chi connectivity index (χ0n) is 61.1. The maximum atomic E-state index is 15.9. The molecule has 0 aromatic heterocycles. The lowest BCUT2D eigenvalue weighted by Gasteiger charge is -2.48. The Bertz CT molecular complexity index is 2910. The number of hydrogen-bond donors (Lipinski definition) is 3. The molecule has 3 saturated heterocycles. The van der Waals surface area contributed by atoms with Crippen LogP contribution in [0.4, 0.5) is 13.2 Å². The van der Waals surface area contributed by atoms with E-state index in [1.165, 1.54) is 49.9 Å². The fourth-order valence-electron chi connectivity index (χ4n) is 17.0. The van der Waals surface area contributed by atoms with E-state index in [4.69, 9.17) is 11.6 Å². The van der Waals surface area contributed by atoms with Gasteiger partial charge >= 0.3 is 6.18 Å². The molecule has 0 aromatic carbocycles. The number of nitrogens with zero attached hydrogens (tertiary/aromatic N) is 10. The Balaban J connectivity index is 1.27. The topological polar surface area (TPSA) is 277 Å². The molecular formula is C72H115ClF3N13O11. The fraction of sp³-hybridized carbons (Fsp3) is 0.833. The molecule has 4 saturated carbocycles. The van der Waals surface area contributed by atoms with Gasteiger partial charge in [0.25, 0.3) is 0 Å². The van der Waals surface area contributed by atoms with Crippen LogP contribution < -0.4 is 16.0 Å². The second kappa shape index (κ2) is 36.7. The van der Waals surface area contributed by atoms with Crippen LogP contribution in [-0.2, 0) is 52.7 Å². The lowest BCUT2D eigenvalue weighted by Crippen LogP contribution is -2.66. The number of carbonyl (C=O) groups excluding carboxylic acids is 11. The van der Waals surface area contributed by atoms with Crippen LogP contribution in [0, 0.1) is 40.9 Å². The third-order valence-corrected chi connectivity index (χ3v) is 23.7. The highest BCUT2D eigenvalue weighted by atomic mass is 35.5. The van der Waals surface area contributed by atoms with E-state index in [1.807, 2.05) is 31.7 Å². The van der Waals surface area contributed by atoms with E-state index < -0.39 is 151 Å². The average Bonchev–Trinajstić information content (AvgIpc) is 1.32. The van der Waals surface area contributed by atoms with E-state index in [2.05, 4.69) is 16.0 Å². The van der Waals surface area contributed by atoms with Crippen molar-refractivity contribution in [3.05, 3.63) is 0 Å².